The van der Waals surface area contributed by atoms with Crippen molar-refractivity contribution in [2.75, 3.05) is 5.32 Å². The lowest BCUT2D eigenvalue weighted by Crippen LogP contribution is -2.13. The number of imidazole rings is 1. The average Bonchev–Trinajstić information content (AvgIpc) is 2.68. The minimum atomic E-state index is -0.336. The van der Waals surface area contributed by atoms with Crippen molar-refractivity contribution in [2.45, 2.75) is 0 Å². The third kappa shape index (κ3) is 2.34. The first kappa shape index (κ1) is 10.6. The highest BCUT2D eigenvalue weighted by atomic mass is 35.5. The minimum absolute atomic E-state index is 0.274. The number of aromatic nitrogens is 4. The Balaban J connectivity index is 2.10. The lowest BCUT2D eigenvalue weighted by atomic mass is 10.4. The molecule has 0 unspecified atom stereocenters. The van der Waals surface area contributed by atoms with Gasteiger partial charge in [-0.05, 0) is 0 Å². The first-order valence-corrected chi connectivity index (χ1v) is 4.80. The number of halogens is 1. The zero-order valence-electron chi connectivity index (χ0n) is 8.38. The van der Waals surface area contributed by atoms with Crippen LogP contribution in [0.15, 0.2) is 24.9 Å². The summed E-state index contributed by atoms with van der Waals surface area (Å²) >= 11 is 5.57. The molecular weight excluding hydrogens is 230 g/mol. The van der Waals surface area contributed by atoms with Crippen LogP contribution in [0, 0.1) is 0 Å². The molecule has 0 aliphatic rings. The summed E-state index contributed by atoms with van der Waals surface area (Å²) in [7, 11) is 1.78. The molecule has 16 heavy (non-hydrogen) atoms. The number of amides is 1. The van der Waals surface area contributed by atoms with E-state index in [0.29, 0.717) is 11.5 Å². The van der Waals surface area contributed by atoms with Gasteiger partial charge in [-0.3, -0.25) is 4.79 Å². The quantitative estimate of drug-likeness (QED) is 0.849. The first-order chi connectivity index (χ1) is 7.65. The lowest BCUT2D eigenvalue weighted by Gasteiger charge is -2.00. The number of carbonyl (C=O) groups excluding carboxylic acids is 1. The van der Waals surface area contributed by atoms with E-state index >= 15 is 0 Å². The van der Waals surface area contributed by atoms with Gasteiger partial charge in [0.1, 0.15) is 10.8 Å². The van der Waals surface area contributed by atoms with Gasteiger partial charge in [-0.15, -0.1) is 0 Å². The molecular formula is C9H8ClN5O. The molecule has 0 atom stereocenters. The Bertz CT molecular complexity index is 507. The van der Waals surface area contributed by atoms with Gasteiger partial charge in [-0.1, -0.05) is 11.6 Å². The third-order valence-electron chi connectivity index (χ3n) is 1.80. The highest BCUT2D eigenvalue weighted by Crippen LogP contribution is 2.06. The highest BCUT2D eigenvalue weighted by molar-refractivity contribution is 6.29. The van der Waals surface area contributed by atoms with Gasteiger partial charge in [0.2, 0.25) is 0 Å². The summed E-state index contributed by atoms with van der Waals surface area (Å²) in [6.45, 7) is 0. The van der Waals surface area contributed by atoms with Crippen LogP contribution in [-0.4, -0.2) is 25.4 Å². The van der Waals surface area contributed by atoms with Crippen molar-refractivity contribution < 1.29 is 4.79 Å². The number of carbonyl (C=O) groups is 1. The second kappa shape index (κ2) is 4.28. The van der Waals surface area contributed by atoms with Gasteiger partial charge in [0, 0.05) is 13.2 Å². The normalized spacial score (nSPS) is 10.1. The molecule has 82 valence electrons. The molecule has 0 spiro atoms. The number of rotatable bonds is 2. The summed E-state index contributed by atoms with van der Waals surface area (Å²) in [5.41, 5.74) is 0.319. The van der Waals surface area contributed by atoms with E-state index in [1.807, 2.05) is 0 Å². The van der Waals surface area contributed by atoms with E-state index in [1.54, 1.807) is 24.1 Å². The van der Waals surface area contributed by atoms with Crippen LogP contribution < -0.4 is 5.32 Å². The van der Waals surface area contributed by atoms with Gasteiger partial charge >= 0.3 is 0 Å². The molecule has 6 nitrogen and oxygen atoms in total. The van der Waals surface area contributed by atoms with E-state index in [-0.39, 0.29) is 11.1 Å². The molecule has 0 radical (unpaired) electrons. The Morgan fingerprint density at radius 1 is 1.38 bits per heavy atom. The van der Waals surface area contributed by atoms with Crippen LogP contribution in [0.25, 0.3) is 0 Å². The maximum atomic E-state index is 11.6. The Hall–Kier alpha value is -1.95. The lowest BCUT2D eigenvalue weighted by molar-refractivity contribution is 0.102. The Labute approximate surface area is 96.3 Å². The summed E-state index contributed by atoms with van der Waals surface area (Å²) in [5, 5.41) is 2.83. The Morgan fingerprint density at radius 3 is 2.75 bits per heavy atom. The van der Waals surface area contributed by atoms with Gasteiger partial charge in [-0.25, -0.2) is 15.0 Å². The number of aryl methyl sites for hydroxylation is 1. The second-order valence-corrected chi connectivity index (χ2v) is 3.49. The molecule has 0 aromatic carbocycles. The molecule has 0 fully saturated rings. The molecule has 0 aliphatic carbocycles. The van der Waals surface area contributed by atoms with Gasteiger partial charge in [0.25, 0.3) is 5.91 Å². The summed E-state index contributed by atoms with van der Waals surface area (Å²) < 4.78 is 1.68. The van der Waals surface area contributed by atoms with Gasteiger partial charge in [-0.2, -0.15) is 0 Å². The maximum Gasteiger partial charge on any atom is 0.277 e. The van der Waals surface area contributed by atoms with Crippen LogP contribution in [0.4, 0.5) is 5.82 Å². The molecule has 2 rings (SSSR count). The number of nitrogens with zero attached hydrogens (tertiary/aromatic N) is 4. The fourth-order valence-electron chi connectivity index (χ4n) is 1.09. The van der Waals surface area contributed by atoms with E-state index in [0.717, 1.165) is 0 Å². The molecule has 0 aliphatic heterocycles. The third-order valence-corrected chi connectivity index (χ3v) is 1.99. The van der Waals surface area contributed by atoms with Crippen LogP contribution in [-0.2, 0) is 7.05 Å². The number of hydrogen-bond acceptors (Lipinski definition) is 4. The van der Waals surface area contributed by atoms with Crippen molar-refractivity contribution in [1.29, 1.82) is 0 Å². The van der Waals surface area contributed by atoms with E-state index in [2.05, 4.69) is 20.3 Å². The standard InChI is InChI=1S/C9H8ClN5O/c1-15-4-6(13-5-15)9(16)14-8-3-11-7(10)2-12-8/h2-5H,1H3,(H,12,14,16). The van der Waals surface area contributed by atoms with E-state index in [4.69, 9.17) is 11.6 Å². The van der Waals surface area contributed by atoms with Gasteiger partial charge in [0.15, 0.2) is 5.82 Å². The van der Waals surface area contributed by atoms with Crippen molar-refractivity contribution >= 4 is 23.3 Å². The summed E-state index contributed by atoms with van der Waals surface area (Å²) in [6.07, 6.45) is 5.89. The fraction of sp³-hybridized carbons (Fsp3) is 0.111. The predicted octanol–water partition coefficient (Wildman–Crippen LogP) is 1.12. The number of hydrogen-bond donors (Lipinski definition) is 1. The number of nitrogens with one attached hydrogen (secondary N) is 1. The van der Waals surface area contributed by atoms with Crippen molar-refractivity contribution in [1.82, 2.24) is 19.5 Å². The van der Waals surface area contributed by atoms with Crippen LogP contribution in [0.1, 0.15) is 10.5 Å². The SMILES string of the molecule is Cn1cnc(C(=O)Nc2cnc(Cl)cn2)c1. The summed E-state index contributed by atoms with van der Waals surface area (Å²) in [4.78, 5) is 23.2. The molecule has 2 aromatic rings. The monoisotopic (exact) mass is 237 g/mol. The summed E-state index contributed by atoms with van der Waals surface area (Å²) in [6, 6.07) is 0. The average molecular weight is 238 g/mol. The summed E-state index contributed by atoms with van der Waals surface area (Å²) in [5.74, 6) is -0.00252. The van der Waals surface area contributed by atoms with E-state index < -0.39 is 0 Å². The molecule has 0 saturated heterocycles. The predicted molar refractivity (Wildman–Crippen MR) is 58.2 cm³/mol. The smallest absolute Gasteiger partial charge is 0.277 e. The topological polar surface area (TPSA) is 72.7 Å². The van der Waals surface area contributed by atoms with Gasteiger partial charge < -0.3 is 9.88 Å². The van der Waals surface area contributed by atoms with Crippen molar-refractivity contribution in [3.05, 3.63) is 35.8 Å². The van der Waals surface area contributed by atoms with Crippen molar-refractivity contribution in [3.63, 3.8) is 0 Å². The molecule has 1 N–H and O–H groups in total. The van der Waals surface area contributed by atoms with E-state index in [1.165, 1.54) is 12.4 Å². The van der Waals surface area contributed by atoms with Crippen LogP contribution >= 0.6 is 11.6 Å². The highest BCUT2D eigenvalue weighted by Gasteiger charge is 2.09. The van der Waals surface area contributed by atoms with Crippen LogP contribution in [0.2, 0.25) is 5.15 Å². The largest absolute Gasteiger partial charge is 0.340 e. The molecule has 1 amide bonds. The second-order valence-electron chi connectivity index (χ2n) is 3.10. The maximum absolute atomic E-state index is 11.6. The first-order valence-electron chi connectivity index (χ1n) is 4.42. The molecule has 0 bridgehead atoms. The molecule has 2 heterocycles. The number of anilines is 1. The van der Waals surface area contributed by atoms with E-state index in [9.17, 15) is 4.79 Å². The van der Waals surface area contributed by atoms with Crippen molar-refractivity contribution in [3.8, 4) is 0 Å². The molecule has 0 saturated carbocycles. The minimum Gasteiger partial charge on any atom is -0.340 e. The fourth-order valence-corrected chi connectivity index (χ4v) is 1.18. The van der Waals surface area contributed by atoms with Gasteiger partial charge in [0.05, 0.1) is 18.7 Å². The Kier molecular flexibility index (Phi) is 2.82. The van der Waals surface area contributed by atoms with Crippen LogP contribution in [0.5, 0.6) is 0 Å². The van der Waals surface area contributed by atoms with Crippen LogP contribution in [0.3, 0.4) is 0 Å². The molecule has 7 heteroatoms. The zero-order valence-corrected chi connectivity index (χ0v) is 9.14. The molecule has 2 aromatic heterocycles. The Morgan fingerprint density at radius 2 is 2.19 bits per heavy atom. The van der Waals surface area contributed by atoms with Crippen molar-refractivity contribution in [2.24, 2.45) is 7.05 Å². The zero-order chi connectivity index (χ0) is 11.5.